The lowest BCUT2D eigenvalue weighted by molar-refractivity contribution is -0.331. The van der Waals surface area contributed by atoms with E-state index in [2.05, 4.69) is 9.64 Å². The fraction of sp³-hybridized carbons (Fsp3) is 0.917. The summed E-state index contributed by atoms with van der Waals surface area (Å²) in [5, 5.41) is -1.71. The number of carbonyl (C=O) groups excluding carboxylic acids is 1. The average Bonchev–Trinajstić information content (AvgIpc) is 2.37. The van der Waals surface area contributed by atoms with Gasteiger partial charge >= 0.3 is 18.4 Å². The number of rotatable bonds is 1. The number of piperazine rings is 1. The number of halogens is 6. The SMILES string of the molecule is BC1(B)CN(C(C)(C)C)C(B)(B)CN1C(=O)OC(B)(C(F)(F)F)C(F)(F)F. The van der Waals surface area contributed by atoms with Gasteiger partial charge in [0.1, 0.15) is 31.4 Å². The zero-order valence-electron chi connectivity index (χ0n) is 16.9. The fourth-order valence-electron chi connectivity index (χ4n) is 3.34. The van der Waals surface area contributed by atoms with Gasteiger partial charge in [-0.1, -0.05) is 0 Å². The van der Waals surface area contributed by atoms with Crippen LogP contribution in [-0.4, -0.2) is 102 Å². The first-order chi connectivity index (χ1) is 11.6. The largest absolute Gasteiger partial charge is 0.433 e. The van der Waals surface area contributed by atoms with E-state index in [0.717, 1.165) is 4.90 Å². The standard InChI is InChI=1S/C12H23B5F6N2O2/c1-7(2,3)25-5-8(13,14)24(4-9(25,15)16)6(26)27-10(17,11(18,19)20)12(21,22)23/h4-5,13-17H2,1-3H3. The predicted octanol–water partition coefficient (Wildman–Crippen LogP) is -2.17. The number of carbonyl (C=O) groups is 1. The van der Waals surface area contributed by atoms with Crippen LogP contribution in [0.3, 0.4) is 0 Å². The van der Waals surface area contributed by atoms with E-state index in [1.54, 1.807) is 31.4 Å². The molecule has 0 aromatic carbocycles. The molecule has 0 N–H and O–H groups in total. The van der Waals surface area contributed by atoms with Crippen molar-refractivity contribution in [3.63, 3.8) is 0 Å². The Morgan fingerprint density at radius 1 is 0.889 bits per heavy atom. The maximum Gasteiger partial charge on any atom is 0.428 e. The van der Waals surface area contributed by atoms with Crippen molar-refractivity contribution >= 4 is 45.3 Å². The van der Waals surface area contributed by atoms with E-state index >= 15 is 0 Å². The van der Waals surface area contributed by atoms with Gasteiger partial charge in [0.2, 0.25) is 0 Å². The van der Waals surface area contributed by atoms with E-state index < -0.39 is 34.6 Å². The van der Waals surface area contributed by atoms with E-state index in [9.17, 15) is 31.1 Å². The number of hydrogen-bond donors (Lipinski definition) is 0. The van der Waals surface area contributed by atoms with Crippen LogP contribution in [0.1, 0.15) is 20.8 Å². The summed E-state index contributed by atoms with van der Waals surface area (Å²) >= 11 is 0. The number of amides is 1. The number of ether oxygens (including phenoxy) is 1. The van der Waals surface area contributed by atoms with Crippen molar-refractivity contribution in [2.24, 2.45) is 0 Å². The lowest BCUT2D eigenvalue weighted by Crippen LogP contribution is -2.77. The third-order valence-corrected chi connectivity index (χ3v) is 4.95. The molecule has 0 radical (unpaired) electrons. The van der Waals surface area contributed by atoms with E-state index in [1.807, 2.05) is 20.8 Å². The smallest absolute Gasteiger partial charge is 0.428 e. The van der Waals surface area contributed by atoms with Gasteiger partial charge in [0.25, 0.3) is 5.50 Å². The molecule has 1 amide bonds. The van der Waals surface area contributed by atoms with Gasteiger partial charge in [0, 0.05) is 18.6 Å². The maximum absolute atomic E-state index is 13.1. The Hall–Kier alpha value is -0.865. The second kappa shape index (κ2) is 6.59. The van der Waals surface area contributed by atoms with E-state index in [0.29, 0.717) is 0 Å². The molecule has 0 aromatic heterocycles. The molecule has 15 heteroatoms. The van der Waals surface area contributed by atoms with Gasteiger partial charge in [-0.15, -0.1) is 0 Å². The minimum absolute atomic E-state index is 0.0815. The van der Waals surface area contributed by atoms with Gasteiger partial charge in [-0.25, -0.2) is 4.79 Å². The average molecular weight is 395 g/mol. The molecule has 4 nitrogen and oxygen atoms in total. The van der Waals surface area contributed by atoms with E-state index in [1.165, 1.54) is 0 Å². The lowest BCUT2D eigenvalue weighted by atomic mass is 9.51. The summed E-state index contributed by atoms with van der Waals surface area (Å²) in [7, 11) is 6.55. The van der Waals surface area contributed by atoms with Crippen LogP contribution >= 0.6 is 0 Å². The molecule has 0 saturated carbocycles. The number of hydrogen-bond acceptors (Lipinski definition) is 3. The highest BCUT2D eigenvalue weighted by Gasteiger charge is 2.71. The third-order valence-electron chi connectivity index (χ3n) is 4.95. The Morgan fingerprint density at radius 3 is 1.63 bits per heavy atom. The Kier molecular flexibility index (Phi) is 5.90. The molecule has 0 spiro atoms. The molecular formula is C12H23B5F6N2O2. The molecule has 1 fully saturated rings. The van der Waals surface area contributed by atoms with Crippen LogP contribution in [0.2, 0.25) is 0 Å². The first-order valence-electron chi connectivity index (χ1n) is 8.48. The third kappa shape index (κ3) is 4.59. The predicted molar refractivity (Wildman–Crippen MR) is 103 cm³/mol. The van der Waals surface area contributed by atoms with Crippen LogP contribution in [0, 0.1) is 0 Å². The van der Waals surface area contributed by atoms with Crippen LogP contribution in [-0.2, 0) is 4.74 Å². The van der Waals surface area contributed by atoms with Crippen molar-refractivity contribution in [1.82, 2.24) is 9.80 Å². The fourth-order valence-corrected chi connectivity index (χ4v) is 3.34. The Morgan fingerprint density at radius 2 is 1.30 bits per heavy atom. The molecule has 0 unspecified atom stereocenters. The van der Waals surface area contributed by atoms with Crippen LogP contribution < -0.4 is 0 Å². The maximum atomic E-state index is 13.1. The van der Waals surface area contributed by atoms with Crippen molar-refractivity contribution in [1.29, 1.82) is 0 Å². The van der Waals surface area contributed by atoms with Crippen molar-refractivity contribution in [2.45, 2.75) is 54.8 Å². The molecule has 0 aromatic rings. The molecule has 1 aliphatic heterocycles. The normalized spacial score (nSPS) is 21.7. The minimum atomic E-state index is -5.80. The summed E-state index contributed by atoms with van der Waals surface area (Å²) in [6.07, 6.45) is -13.2. The van der Waals surface area contributed by atoms with Gasteiger partial charge < -0.3 is 14.5 Å². The molecule has 0 atom stereocenters. The van der Waals surface area contributed by atoms with Crippen LogP contribution in [0.5, 0.6) is 0 Å². The van der Waals surface area contributed by atoms with Crippen LogP contribution in [0.25, 0.3) is 0 Å². The van der Waals surface area contributed by atoms with Crippen LogP contribution in [0.4, 0.5) is 31.1 Å². The van der Waals surface area contributed by atoms with Crippen LogP contribution in [0.15, 0.2) is 0 Å². The summed E-state index contributed by atoms with van der Waals surface area (Å²) in [5.74, 6) is 0. The molecule has 27 heavy (non-hydrogen) atoms. The van der Waals surface area contributed by atoms with Gasteiger partial charge in [0.15, 0.2) is 7.85 Å². The molecule has 150 valence electrons. The monoisotopic (exact) mass is 396 g/mol. The van der Waals surface area contributed by atoms with Gasteiger partial charge in [-0.2, -0.15) is 26.3 Å². The Balaban J connectivity index is 3.24. The number of alkyl halides is 6. The minimum Gasteiger partial charge on any atom is -0.433 e. The summed E-state index contributed by atoms with van der Waals surface area (Å²) in [6, 6.07) is 0. The van der Waals surface area contributed by atoms with Gasteiger partial charge in [-0.05, 0) is 31.4 Å². The van der Waals surface area contributed by atoms with E-state index in [-0.39, 0.29) is 26.5 Å². The summed E-state index contributed by atoms with van der Waals surface area (Å²) in [4.78, 5) is 15.5. The summed E-state index contributed by atoms with van der Waals surface area (Å²) in [6.45, 7) is 6.02. The molecule has 1 saturated heterocycles. The van der Waals surface area contributed by atoms with Gasteiger partial charge in [0.05, 0.1) is 0 Å². The Labute approximate surface area is 159 Å². The van der Waals surface area contributed by atoms with Crippen molar-refractivity contribution in [3.8, 4) is 0 Å². The summed E-state index contributed by atoms with van der Waals surface area (Å²) < 4.78 is 82.5. The van der Waals surface area contributed by atoms with Crippen molar-refractivity contribution in [3.05, 3.63) is 0 Å². The molecule has 1 heterocycles. The second-order valence-electron chi connectivity index (χ2n) is 9.36. The highest BCUT2D eigenvalue weighted by Crippen LogP contribution is 2.44. The topological polar surface area (TPSA) is 32.8 Å². The van der Waals surface area contributed by atoms with Crippen molar-refractivity contribution < 1.29 is 35.9 Å². The summed E-state index contributed by atoms with van der Waals surface area (Å²) in [5.41, 5.74) is -4.90. The molecule has 0 aliphatic carbocycles. The lowest BCUT2D eigenvalue weighted by Gasteiger charge is -2.60. The molecule has 0 bridgehead atoms. The molecular weight excluding hydrogens is 372 g/mol. The van der Waals surface area contributed by atoms with E-state index in [4.69, 9.17) is 0 Å². The molecule has 1 rings (SSSR count). The second-order valence-corrected chi connectivity index (χ2v) is 9.36. The number of nitrogens with zero attached hydrogens (tertiary/aromatic N) is 2. The molecule has 1 aliphatic rings. The zero-order chi connectivity index (χ0) is 21.9. The quantitative estimate of drug-likeness (QED) is 0.375. The first kappa shape index (κ1) is 24.2. The highest BCUT2D eigenvalue weighted by molar-refractivity contribution is 6.43. The van der Waals surface area contributed by atoms with Crippen molar-refractivity contribution in [2.75, 3.05) is 13.1 Å². The highest BCUT2D eigenvalue weighted by atomic mass is 19.4. The Bertz CT molecular complexity index is 576. The van der Waals surface area contributed by atoms with Gasteiger partial charge in [-0.3, -0.25) is 0 Å². The zero-order valence-corrected chi connectivity index (χ0v) is 16.9. The first-order valence-corrected chi connectivity index (χ1v) is 8.48.